The molecule has 64 valence electrons. The number of hydrogen-bond donors (Lipinski definition) is 2. The molecule has 0 bridgehead atoms. The average Bonchev–Trinajstić information content (AvgIpc) is 1.97. The molecule has 0 saturated heterocycles. The van der Waals surface area contributed by atoms with E-state index in [0.717, 1.165) is 4.47 Å². The summed E-state index contributed by atoms with van der Waals surface area (Å²) < 4.78 is 0.790. The minimum absolute atomic E-state index is 0.131. The van der Waals surface area contributed by atoms with Crippen LogP contribution in [0.5, 0.6) is 0 Å². The lowest BCUT2D eigenvalue weighted by Crippen LogP contribution is -2.08. The van der Waals surface area contributed by atoms with Crippen molar-refractivity contribution in [1.29, 1.82) is 0 Å². The first kappa shape index (κ1) is 9.06. The summed E-state index contributed by atoms with van der Waals surface area (Å²) in [5, 5.41) is 2.63. The smallest absolute Gasteiger partial charge is 0.221 e. The summed E-state index contributed by atoms with van der Waals surface area (Å²) in [5.74, 6) is -0.131. The molecule has 0 aliphatic rings. The van der Waals surface area contributed by atoms with Crippen LogP contribution < -0.4 is 11.1 Å². The van der Waals surface area contributed by atoms with E-state index < -0.39 is 0 Å². The Bertz CT molecular complexity index is 292. The second-order valence-electron chi connectivity index (χ2n) is 2.39. The van der Waals surface area contributed by atoms with Crippen LogP contribution in [0.2, 0.25) is 0 Å². The van der Waals surface area contributed by atoms with E-state index in [1.54, 1.807) is 6.07 Å². The lowest BCUT2D eigenvalue weighted by molar-refractivity contribution is -0.114. The highest BCUT2D eigenvalue weighted by Gasteiger charge is 2.03. The molecule has 0 saturated carbocycles. The van der Waals surface area contributed by atoms with Gasteiger partial charge in [0.2, 0.25) is 5.91 Å². The number of nitrogens with two attached hydrogens (primary N) is 1. The maximum absolute atomic E-state index is 10.7. The molecule has 0 unspecified atom stereocenters. The van der Waals surface area contributed by atoms with E-state index in [4.69, 9.17) is 5.73 Å². The molecule has 0 fully saturated rings. The maximum atomic E-state index is 10.7. The van der Waals surface area contributed by atoms with Gasteiger partial charge in [-0.2, -0.15) is 0 Å². The van der Waals surface area contributed by atoms with Gasteiger partial charge in [0.05, 0.1) is 11.4 Å². The molecule has 0 aliphatic carbocycles. The molecule has 0 radical (unpaired) electrons. The van der Waals surface area contributed by atoms with Crippen LogP contribution in [0.4, 0.5) is 11.4 Å². The Kier molecular flexibility index (Phi) is 2.70. The molecular weight excluding hydrogens is 220 g/mol. The van der Waals surface area contributed by atoms with Crippen LogP contribution in [0.1, 0.15) is 6.92 Å². The summed E-state index contributed by atoms with van der Waals surface area (Å²) in [5.41, 5.74) is 6.81. The molecule has 1 amide bonds. The minimum Gasteiger partial charge on any atom is -0.397 e. The number of nitrogen functional groups attached to an aromatic ring is 1. The van der Waals surface area contributed by atoms with E-state index in [1.165, 1.54) is 6.92 Å². The molecule has 4 heteroatoms. The van der Waals surface area contributed by atoms with Crippen molar-refractivity contribution in [2.45, 2.75) is 6.92 Å². The Morgan fingerprint density at radius 3 is 2.75 bits per heavy atom. The summed E-state index contributed by atoms with van der Waals surface area (Å²) >= 11 is 3.28. The molecule has 1 rings (SSSR count). The van der Waals surface area contributed by atoms with Gasteiger partial charge < -0.3 is 11.1 Å². The summed E-state index contributed by atoms with van der Waals surface area (Å²) in [7, 11) is 0. The minimum atomic E-state index is -0.131. The summed E-state index contributed by atoms with van der Waals surface area (Å²) in [6.07, 6.45) is 0. The first-order valence-corrected chi connectivity index (χ1v) is 4.22. The number of halogens is 1. The van der Waals surface area contributed by atoms with Crippen LogP contribution >= 0.6 is 15.9 Å². The monoisotopic (exact) mass is 228 g/mol. The Labute approximate surface area is 79.1 Å². The molecule has 0 aromatic heterocycles. The van der Waals surface area contributed by atoms with Gasteiger partial charge in [0, 0.05) is 11.4 Å². The zero-order chi connectivity index (χ0) is 9.14. The molecular formula is C8H9BrN2O. The van der Waals surface area contributed by atoms with Crippen LogP contribution in [-0.4, -0.2) is 5.91 Å². The molecule has 0 spiro atoms. The van der Waals surface area contributed by atoms with E-state index in [1.807, 2.05) is 12.1 Å². The Morgan fingerprint density at radius 1 is 1.58 bits per heavy atom. The van der Waals surface area contributed by atoms with Crippen LogP contribution in [0.25, 0.3) is 0 Å². The van der Waals surface area contributed by atoms with Crippen LogP contribution in [-0.2, 0) is 4.79 Å². The normalized spacial score (nSPS) is 9.50. The Hall–Kier alpha value is -1.03. The molecule has 0 aliphatic heterocycles. The Balaban J connectivity index is 3.04. The van der Waals surface area contributed by atoms with Gasteiger partial charge in [0.25, 0.3) is 0 Å². The van der Waals surface area contributed by atoms with Crippen molar-refractivity contribution < 1.29 is 4.79 Å². The molecule has 3 N–H and O–H groups in total. The number of benzene rings is 1. The first-order valence-electron chi connectivity index (χ1n) is 3.43. The second kappa shape index (κ2) is 3.58. The maximum Gasteiger partial charge on any atom is 0.221 e. The number of para-hydroxylation sites is 1. The fourth-order valence-electron chi connectivity index (χ4n) is 0.849. The standard InChI is InChI=1S/C8H9BrN2O/c1-5(12)11-8-6(9)3-2-4-7(8)10/h2-4H,10H2,1H3,(H,11,12). The third-order valence-electron chi connectivity index (χ3n) is 1.35. The fourth-order valence-corrected chi connectivity index (χ4v) is 1.33. The molecule has 1 aromatic rings. The summed E-state index contributed by atoms with van der Waals surface area (Å²) in [4.78, 5) is 10.7. The third-order valence-corrected chi connectivity index (χ3v) is 2.01. The predicted molar refractivity (Wildman–Crippen MR) is 52.9 cm³/mol. The third kappa shape index (κ3) is 1.98. The number of amides is 1. The molecule has 0 heterocycles. The number of carbonyl (C=O) groups is 1. The topological polar surface area (TPSA) is 55.1 Å². The van der Waals surface area contributed by atoms with Crippen molar-refractivity contribution in [1.82, 2.24) is 0 Å². The fraction of sp³-hybridized carbons (Fsp3) is 0.125. The molecule has 3 nitrogen and oxygen atoms in total. The van der Waals surface area contributed by atoms with Gasteiger partial charge in [-0.3, -0.25) is 4.79 Å². The number of carbonyl (C=O) groups excluding carboxylic acids is 1. The SMILES string of the molecule is CC(=O)Nc1c(N)cccc1Br. The summed E-state index contributed by atoms with van der Waals surface area (Å²) in [6.45, 7) is 1.44. The van der Waals surface area contributed by atoms with Gasteiger partial charge in [-0.15, -0.1) is 0 Å². The van der Waals surface area contributed by atoms with E-state index in [9.17, 15) is 4.79 Å². The highest BCUT2D eigenvalue weighted by Crippen LogP contribution is 2.27. The summed E-state index contributed by atoms with van der Waals surface area (Å²) in [6, 6.07) is 5.36. The van der Waals surface area contributed by atoms with Gasteiger partial charge in [-0.25, -0.2) is 0 Å². The number of nitrogens with one attached hydrogen (secondary N) is 1. The molecule has 0 atom stereocenters. The van der Waals surface area contributed by atoms with Crippen molar-refractivity contribution in [3.63, 3.8) is 0 Å². The predicted octanol–water partition coefficient (Wildman–Crippen LogP) is 1.99. The van der Waals surface area contributed by atoms with E-state index >= 15 is 0 Å². The number of hydrogen-bond acceptors (Lipinski definition) is 2. The van der Waals surface area contributed by atoms with E-state index in [2.05, 4.69) is 21.2 Å². The second-order valence-corrected chi connectivity index (χ2v) is 3.24. The van der Waals surface area contributed by atoms with Gasteiger partial charge in [0.1, 0.15) is 0 Å². The van der Waals surface area contributed by atoms with Crippen molar-refractivity contribution in [2.75, 3.05) is 11.1 Å². The lowest BCUT2D eigenvalue weighted by Gasteiger charge is -2.07. The zero-order valence-corrected chi connectivity index (χ0v) is 8.18. The van der Waals surface area contributed by atoms with Gasteiger partial charge >= 0.3 is 0 Å². The van der Waals surface area contributed by atoms with E-state index in [0.29, 0.717) is 11.4 Å². The zero-order valence-electron chi connectivity index (χ0n) is 6.60. The Morgan fingerprint density at radius 2 is 2.25 bits per heavy atom. The van der Waals surface area contributed by atoms with Crippen molar-refractivity contribution in [3.8, 4) is 0 Å². The average molecular weight is 229 g/mol. The van der Waals surface area contributed by atoms with Crippen LogP contribution in [0, 0.1) is 0 Å². The highest BCUT2D eigenvalue weighted by molar-refractivity contribution is 9.10. The molecule has 12 heavy (non-hydrogen) atoms. The van der Waals surface area contributed by atoms with Crippen LogP contribution in [0.3, 0.4) is 0 Å². The van der Waals surface area contributed by atoms with Gasteiger partial charge in [0.15, 0.2) is 0 Å². The van der Waals surface area contributed by atoms with Crippen molar-refractivity contribution >= 4 is 33.2 Å². The van der Waals surface area contributed by atoms with Gasteiger partial charge in [-0.05, 0) is 28.1 Å². The van der Waals surface area contributed by atoms with E-state index in [-0.39, 0.29) is 5.91 Å². The van der Waals surface area contributed by atoms with Crippen molar-refractivity contribution in [2.24, 2.45) is 0 Å². The number of rotatable bonds is 1. The highest BCUT2D eigenvalue weighted by atomic mass is 79.9. The first-order chi connectivity index (χ1) is 5.61. The van der Waals surface area contributed by atoms with Crippen molar-refractivity contribution in [3.05, 3.63) is 22.7 Å². The quantitative estimate of drug-likeness (QED) is 0.723. The lowest BCUT2D eigenvalue weighted by atomic mass is 10.3. The largest absolute Gasteiger partial charge is 0.397 e. The number of anilines is 2. The van der Waals surface area contributed by atoms with Gasteiger partial charge in [-0.1, -0.05) is 6.07 Å². The molecule has 1 aromatic carbocycles. The van der Waals surface area contributed by atoms with Crippen LogP contribution in [0.15, 0.2) is 22.7 Å².